The van der Waals surface area contributed by atoms with Gasteiger partial charge in [-0.05, 0) is 35.4 Å². The quantitative estimate of drug-likeness (QED) is 0.385. The second-order valence-electron chi connectivity index (χ2n) is 6.23. The van der Waals surface area contributed by atoms with E-state index in [2.05, 4.69) is 45.2 Å². The molecule has 28 heavy (non-hydrogen) atoms. The highest BCUT2D eigenvalue weighted by atomic mass is 79.9. The molecule has 0 spiro atoms. The fourth-order valence-electron chi connectivity index (χ4n) is 3.03. The summed E-state index contributed by atoms with van der Waals surface area (Å²) in [4.78, 5) is 16.6. The molecule has 0 saturated heterocycles. The van der Waals surface area contributed by atoms with Gasteiger partial charge in [-0.3, -0.25) is 4.57 Å². The maximum atomic E-state index is 12.0. The zero-order valence-electron chi connectivity index (χ0n) is 15.2. The predicted molar refractivity (Wildman–Crippen MR) is 113 cm³/mol. The molecule has 5 heteroatoms. The summed E-state index contributed by atoms with van der Waals surface area (Å²) in [6.07, 6.45) is 1.70. The number of carbonyl (C=O) groups is 1. The number of methoxy groups -OCH3 is 1. The molecule has 4 nitrogen and oxygen atoms in total. The zero-order valence-corrected chi connectivity index (χ0v) is 16.8. The summed E-state index contributed by atoms with van der Waals surface area (Å²) in [5, 5.41) is 0. The molecule has 0 aliphatic rings. The molecule has 4 rings (SSSR count). The van der Waals surface area contributed by atoms with Crippen molar-refractivity contribution in [2.75, 3.05) is 7.11 Å². The summed E-state index contributed by atoms with van der Waals surface area (Å²) >= 11 is 3.45. The van der Waals surface area contributed by atoms with Gasteiger partial charge in [-0.2, -0.15) is 0 Å². The van der Waals surface area contributed by atoms with Crippen LogP contribution < -0.4 is 0 Å². The number of imidazole rings is 1. The first kappa shape index (κ1) is 18.2. The Hall–Kier alpha value is -3.18. The lowest BCUT2D eigenvalue weighted by Gasteiger charge is -2.09. The van der Waals surface area contributed by atoms with Crippen LogP contribution in [0.5, 0.6) is 0 Å². The van der Waals surface area contributed by atoms with Crippen molar-refractivity contribution in [3.05, 3.63) is 95.2 Å². The Kier molecular flexibility index (Phi) is 5.08. The van der Waals surface area contributed by atoms with Crippen LogP contribution in [-0.2, 0) is 4.74 Å². The van der Waals surface area contributed by atoms with Gasteiger partial charge in [-0.1, -0.05) is 70.5 Å². The molecule has 0 amide bonds. The van der Waals surface area contributed by atoms with Crippen molar-refractivity contribution < 1.29 is 9.53 Å². The highest BCUT2D eigenvalue weighted by molar-refractivity contribution is 9.10. The van der Waals surface area contributed by atoms with Gasteiger partial charge >= 0.3 is 5.97 Å². The molecule has 1 heterocycles. The first-order chi connectivity index (χ1) is 13.7. The smallest absolute Gasteiger partial charge is 0.358 e. The largest absolute Gasteiger partial charge is 0.464 e. The fraction of sp³-hybridized carbons (Fsp3) is 0.0435. The van der Waals surface area contributed by atoms with E-state index in [4.69, 9.17) is 4.74 Å². The SMILES string of the molecule is COC(=O)c1cn(-c2ccc(Br)cc2)c(-c2ccc(-c3ccccc3)cc2)n1. The first-order valence-electron chi connectivity index (χ1n) is 8.75. The van der Waals surface area contributed by atoms with E-state index >= 15 is 0 Å². The van der Waals surface area contributed by atoms with Gasteiger partial charge in [0, 0.05) is 21.9 Å². The normalized spacial score (nSPS) is 10.6. The lowest BCUT2D eigenvalue weighted by atomic mass is 10.0. The molecule has 138 valence electrons. The van der Waals surface area contributed by atoms with Gasteiger partial charge in [0.15, 0.2) is 5.69 Å². The summed E-state index contributed by atoms with van der Waals surface area (Å²) in [6.45, 7) is 0. The van der Waals surface area contributed by atoms with Crippen LogP contribution >= 0.6 is 15.9 Å². The third kappa shape index (κ3) is 3.62. The first-order valence-corrected chi connectivity index (χ1v) is 9.54. The Bertz CT molecular complexity index is 1100. The lowest BCUT2D eigenvalue weighted by molar-refractivity contribution is 0.0594. The van der Waals surface area contributed by atoms with E-state index in [9.17, 15) is 4.79 Å². The number of aromatic nitrogens is 2. The minimum absolute atomic E-state index is 0.271. The second-order valence-corrected chi connectivity index (χ2v) is 7.15. The summed E-state index contributed by atoms with van der Waals surface area (Å²) in [5.41, 5.74) is 4.37. The average Bonchev–Trinajstić information content (AvgIpc) is 3.20. The number of nitrogens with zero attached hydrogens (tertiary/aromatic N) is 2. The fourth-order valence-corrected chi connectivity index (χ4v) is 3.29. The molecule has 1 aromatic heterocycles. The van der Waals surface area contributed by atoms with Crippen molar-refractivity contribution in [2.45, 2.75) is 0 Å². The molecular formula is C23H17BrN2O2. The highest BCUT2D eigenvalue weighted by Gasteiger charge is 2.17. The van der Waals surface area contributed by atoms with Gasteiger partial charge in [0.2, 0.25) is 0 Å². The minimum Gasteiger partial charge on any atom is -0.464 e. The monoisotopic (exact) mass is 432 g/mol. The molecule has 4 aromatic rings. The zero-order chi connectivity index (χ0) is 19.5. The van der Waals surface area contributed by atoms with E-state index in [1.807, 2.05) is 59.2 Å². The number of halogens is 1. The van der Waals surface area contributed by atoms with Crippen LogP contribution in [0.25, 0.3) is 28.2 Å². The number of hydrogen-bond donors (Lipinski definition) is 0. The van der Waals surface area contributed by atoms with Crippen LogP contribution in [0.1, 0.15) is 10.5 Å². The third-order valence-electron chi connectivity index (χ3n) is 4.46. The molecule has 0 fully saturated rings. The van der Waals surface area contributed by atoms with Crippen LogP contribution in [0.15, 0.2) is 89.5 Å². The van der Waals surface area contributed by atoms with Gasteiger partial charge in [0.1, 0.15) is 5.82 Å². The van der Waals surface area contributed by atoms with Gasteiger partial charge in [0.05, 0.1) is 7.11 Å². The van der Waals surface area contributed by atoms with E-state index in [0.29, 0.717) is 5.82 Å². The highest BCUT2D eigenvalue weighted by Crippen LogP contribution is 2.27. The molecule has 0 bridgehead atoms. The predicted octanol–water partition coefficient (Wildman–Crippen LogP) is 5.76. The van der Waals surface area contributed by atoms with Crippen molar-refractivity contribution in [2.24, 2.45) is 0 Å². The summed E-state index contributed by atoms with van der Waals surface area (Å²) in [6, 6.07) is 26.2. The van der Waals surface area contributed by atoms with Crippen molar-refractivity contribution in [3.63, 3.8) is 0 Å². The van der Waals surface area contributed by atoms with Crippen LogP contribution in [0.3, 0.4) is 0 Å². The summed E-state index contributed by atoms with van der Waals surface area (Å²) < 4.78 is 7.73. The molecule has 0 radical (unpaired) electrons. The van der Waals surface area contributed by atoms with E-state index in [-0.39, 0.29) is 5.69 Å². The number of ether oxygens (including phenoxy) is 1. The maximum absolute atomic E-state index is 12.0. The standard InChI is InChI=1S/C23H17BrN2O2/c1-28-23(27)21-15-26(20-13-11-19(24)12-14-20)22(25-21)18-9-7-17(8-10-18)16-5-3-2-4-6-16/h2-15H,1H3. The Balaban J connectivity index is 1.78. The van der Waals surface area contributed by atoms with Gasteiger partial charge < -0.3 is 4.74 Å². The van der Waals surface area contributed by atoms with E-state index in [1.165, 1.54) is 7.11 Å². The Morgan fingerprint density at radius 1 is 0.857 bits per heavy atom. The van der Waals surface area contributed by atoms with Crippen molar-refractivity contribution >= 4 is 21.9 Å². The van der Waals surface area contributed by atoms with Gasteiger partial charge in [-0.15, -0.1) is 0 Å². The Morgan fingerprint density at radius 3 is 2.11 bits per heavy atom. The Labute approximate surface area is 171 Å². The number of esters is 1. The Morgan fingerprint density at radius 2 is 1.46 bits per heavy atom. The molecule has 0 atom stereocenters. The molecule has 0 aliphatic heterocycles. The maximum Gasteiger partial charge on any atom is 0.358 e. The van der Waals surface area contributed by atoms with Crippen LogP contribution in [0.4, 0.5) is 0 Å². The van der Waals surface area contributed by atoms with Crippen molar-refractivity contribution in [1.29, 1.82) is 0 Å². The van der Waals surface area contributed by atoms with Crippen LogP contribution in [-0.4, -0.2) is 22.6 Å². The summed E-state index contributed by atoms with van der Waals surface area (Å²) in [5.74, 6) is 0.223. The number of rotatable bonds is 4. The number of benzene rings is 3. The van der Waals surface area contributed by atoms with Crippen LogP contribution in [0, 0.1) is 0 Å². The van der Waals surface area contributed by atoms with Crippen molar-refractivity contribution in [3.8, 4) is 28.2 Å². The lowest BCUT2D eigenvalue weighted by Crippen LogP contribution is -2.01. The van der Waals surface area contributed by atoms with E-state index in [0.717, 1.165) is 26.9 Å². The number of hydrogen-bond acceptors (Lipinski definition) is 3. The molecule has 0 aliphatic carbocycles. The molecular weight excluding hydrogens is 416 g/mol. The summed E-state index contributed by atoms with van der Waals surface area (Å²) in [7, 11) is 1.36. The minimum atomic E-state index is -0.460. The molecule has 0 unspecified atom stereocenters. The number of carbonyl (C=O) groups excluding carboxylic acids is 1. The second kappa shape index (κ2) is 7.82. The van der Waals surface area contributed by atoms with Gasteiger partial charge in [-0.25, -0.2) is 9.78 Å². The van der Waals surface area contributed by atoms with E-state index in [1.54, 1.807) is 6.20 Å². The van der Waals surface area contributed by atoms with E-state index < -0.39 is 5.97 Å². The van der Waals surface area contributed by atoms with Gasteiger partial charge in [0.25, 0.3) is 0 Å². The average molecular weight is 433 g/mol. The molecule has 3 aromatic carbocycles. The third-order valence-corrected chi connectivity index (χ3v) is 4.98. The topological polar surface area (TPSA) is 44.1 Å². The molecule has 0 saturated carbocycles. The van der Waals surface area contributed by atoms with Crippen molar-refractivity contribution in [1.82, 2.24) is 9.55 Å². The van der Waals surface area contributed by atoms with Crippen LogP contribution in [0.2, 0.25) is 0 Å². The molecule has 0 N–H and O–H groups in total.